The molecule has 0 unspecified atom stereocenters. The van der Waals surface area contributed by atoms with Gasteiger partial charge in [-0.15, -0.1) is 12.6 Å². The number of fused-ring (bicyclic) bond motifs is 1. The summed E-state index contributed by atoms with van der Waals surface area (Å²) < 4.78 is 0. The van der Waals surface area contributed by atoms with Crippen molar-refractivity contribution in [2.45, 2.75) is 24.7 Å². The second-order valence-corrected chi connectivity index (χ2v) is 7.90. The van der Waals surface area contributed by atoms with Gasteiger partial charge in [-0.1, -0.05) is 30.3 Å². The van der Waals surface area contributed by atoms with Crippen molar-refractivity contribution in [3.63, 3.8) is 0 Å². The number of carbonyl (C=O) groups is 2. The molecule has 0 spiro atoms. The van der Waals surface area contributed by atoms with Crippen molar-refractivity contribution in [3.8, 4) is 0 Å². The van der Waals surface area contributed by atoms with Crippen LogP contribution in [0.3, 0.4) is 0 Å². The van der Waals surface area contributed by atoms with Gasteiger partial charge in [-0.3, -0.25) is 9.59 Å². The van der Waals surface area contributed by atoms with Crippen LogP contribution in [0.15, 0.2) is 70.6 Å². The molecule has 1 fully saturated rings. The van der Waals surface area contributed by atoms with Crippen molar-refractivity contribution in [3.05, 3.63) is 71.8 Å². The van der Waals surface area contributed by atoms with Gasteiger partial charge in [-0.05, 0) is 60.9 Å². The first-order valence-corrected chi connectivity index (χ1v) is 10.4. The Morgan fingerprint density at radius 1 is 0.933 bits per heavy atom. The van der Waals surface area contributed by atoms with E-state index in [1.807, 2.05) is 41.3 Å². The van der Waals surface area contributed by atoms with E-state index in [1.165, 1.54) is 0 Å². The molecule has 0 bridgehead atoms. The van der Waals surface area contributed by atoms with Gasteiger partial charge in [0.1, 0.15) is 5.84 Å². The van der Waals surface area contributed by atoms with Crippen LogP contribution in [0.4, 0.5) is 5.69 Å². The number of amidine groups is 1. The highest BCUT2D eigenvalue weighted by Gasteiger charge is 2.20. The van der Waals surface area contributed by atoms with E-state index in [1.54, 1.807) is 31.2 Å². The van der Waals surface area contributed by atoms with Crippen LogP contribution in [0.1, 0.15) is 40.5 Å². The molecule has 4 rings (SSSR count). The highest BCUT2D eigenvalue weighted by atomic mass is 32.1. The predicted octanol–water partition coefficient (Wildman–Crippen LogP) is 4.84. The number of nitrogens with zero attached hydrogens (tertiary/aromatic N) is 2. The van der Waals surface area contributed by atoms with Gasteiger partial charge in [0.05, 0.1) is 5.69 Å². The molecule has 1 saturated heterocycles. The molecule has 0 aromatic heterocycles. The van der Waals surface area contributed by atoms with E-state index in [2.05, 4.69) is 22.9 Å². The Morgan fingerprint density at radius 3 is 2.37 bits per heavy atom. The smallest absolute Gasteiger partial charge is 0.256 e. The maximum atomic E-state index is 12.6. The van der Waals surface area contributed by atoms with Gasteiger partial charge >= 0.3 is 0 Å². The summed E-state index contributed by atoms with van der Waals surface area (Å²) in [6.07, 6.45) is 2.11. The Hall–Kier alpha value is -3.12. The van der Waals surface area contributed by atoms with E-state index >= 15 is 0 Å². The summed E-state index contributed by atoms with van der Waals surface area (Å²) in [5.41, 5.74) is 1.78. The average molecular weight is 418 g/mol. The SMILES string of the molecule is CC(=Nc1ccc(C(=O)N2CCCC2)cc1S)NC(=O)c1ccc2ccccc2c1. The van der Waals surface area contributed by atoms with Crippen molar-refractivity contribution >= 4 is 46.7 Å². The van der Waals surface area contributed by atoms with E-state index < -0.39 is 0 Å². The predicted molar refractivity (Wildman–Crippen MR) is 123 cm³/mol. The van der Waals surface area contributed by atoms with Gasteiger partial charge < -0.3 is 10.2 Å². The number of hydrogen-bond acceptors (Lipinski definition) is 4. The number of thiol groups is 1. The van der Waals surface area contributed by atoms with Gasteiger partial charge in [0, 0.05) is 29.1 Å². The molecule has 0 aliphatic carbocycles. The lowest BCUT2D eigenvalue weighted by Crippen LogP contribution is -2.28. The number of amides is 2. The Kier molecular flexibility index (Phi) is 5.86. The molecular formula is C24H23N3O2S. The van der Waals surface area contributed by atoms with Crippen LogP contribution in [0.2, 0.25) is 0 Å². The van der Waals surface area contributed by atoms with Crippen LogP contribution >= 0.6 is 12.6 Å². The number of aliphatic imine (C=N–C) groups is 1. The number of benzene rings is 3. The monoisotopic (exact) mass is 417 g/mol. The van der Waals surface area contributed by atoms with E-state index in [4.69, 9.17) is 0 Å². The standard InChI is InChI=1S/C24H23N3O2S/c1-16(26-23(28)19-9-8-17-6-2-3-7-18(17)14-19)25-21-11-10-20(15-22(21)30)24(29)27-12-4-5-13-27/h2-3,6-11,14-15,30H,4-5,12-13H2,1H3,(H,25,26,28). The summed E-state index contributed by atoms with van der Waals surface area (Å²) in [5, 5.41) is 4.92. The van der Waals surface area contributed by atoms with E-state index in [9.17, 15) is 9.59 Å². The Bertz CT molecular complexity index is 1150. The fraction of sp³-hybridized carbons (Fsp3) is 0.208. The third kappa shape index (κ3) is 4.39. The largest absolute Gasteiger partial charge is 0.339 e. The molecule has 1 N–H and O–H groups in total. The first-order valence-electron chi connectivity index (χ1n) is 9.99. The molecule has 3 aromatic rings. The number of rotatable bonds is 3. The van der Waals surface area contributed by atoms with Crippen LogP contribution in [0, 0.1) is 0 Å². The minimum atomic E-state index is -0.219. The van der Waals surface area contributed by atoms with Crippen LogP contribution in [-0.2, 0) is 0 Å². The summed E-state index contributed by atoms with van der Waals surface area (Å²) in [6.45, 7) is 3.34. The highest BCUT2D eigenvalue weighted by Crippen LogP contribution is 2.26. The van der Waals surface area contributed by atoms with Crippen molar-refractivity contribution in [2.24, 2.45) is 4.99 Å². The first-order chi connectivity index (χ1) is 14.5. The van der Waals surface area contributed by atoms with Crippen molar-refractivity contribution in [2.75, 3.05) is 13.1 Å². The van der Waals surface area contributed by atoms with E-state index in [0.29, 0.717) is 27.5 Å². The molecule has 5 nitrogen and oxygen atoms in total. The fourth-order valence-corrected chi connectivity index (χ4v) is 3.89. The Labute approximate surface area is 181 Å². The van der Waals surface area contributed by atoms with Gasteiger partial charge in [-0.25, -0.2) is 4.99 Å². The topological polar surface area (TPSA) is 61.8 Å². The molecule has 6 heteroatoms. The summed E-state index contributed by atoms with van der Waals surface area (Å²) in [5.74, 6) is 0.269. The molecule has 0 saturated carbocycles. The Balaban J connectivity index is 1.48. The van der Waals surface area contributed by atoms with Crippen LogP contribution in [-0.4, -0.2) is 35.6 Å². The fourth-order valence-electron chi connectivity index (χ4n) is 3.63. The molecule has 1 aliphatic heterocycles. The minimum Gasteiger partial charge on any atom is -0.339 e. The summed E-state index contributed by atoms with van der Waals surface area (Å²) in [7, 11) is 0. The van der Waals surface area contributed by atoms with Crippen molar-refractivity contribution < 1.29 is 9.59 Å². The van der Waals surface area contributed by atoms with Gasteiger partial charge in [0.2, 0.25) is 0 Å². The number of nitrogens with one attached hydrogen (secondary N) is 1. The van der Waals surface area contributed by atoms with Crippen LogP contribution in [0.25, 0.3) is 10.8 Å². The zero-order valence-corrected chi connectivity index (χ0v) is 17.7. The second-order valence-electron chi connectivity index (χ2n) is 7.42. The number of carbonyl (C=O) groups excluding carboxylic acids is 2. The van der Waals surface area contributed by atoms with Gasteiger partial charge in [-0.2, -0.15) is 0 Å². The van der Waals surface area contributed by atoms with Gasteiger partial charge in [0.15, 0.2) is 0 Å². The zero-order chi connectivity index (χ0) is 21.1. The lowest BCUT2D eigenvalue weighted by atomic mass is 10.1. The maximum absolute atomic E-state index is 12.6. The minimum absolute atomic E-state index is 0.0275. The first kappa shape index (κ1) is 20.2. The molecule has 3 aromatic carbocycles. The second kappa shape index (κ2) is 8.71. The summed E-state index contributed by atoms with van der Waals surface area (Å²) >= 11 is 4.49. The Morgan fingerprint density at radius 2 is 1.63 bits per heavy atom. The lowest BCUT2D eigenvalue weighted by Gasteiger charge is -2.15. The quantitative estimate of drug-likeness (QED) is 0.364. The molecule has 0 atom stereocenters. The maximum Gasteiger partial charge on any atom is 0.256 e. The molecule has 1 heterocycles. The van der Waals surface area contributed by atoms with Gasteiger partial charge in [0.25, 0.3) is 11.8 Å². The molecule has 30 heavy (non-hydrogen) atoms. The molecular weight excluding hydrogens is 394 g/mol. The number of likely N-dealkylation sites (tertiary alicyclic amines) is 1. The van der Waals surface area contributed by atoms with Crippen molar-refractivity contribution in [1.82, 2.24) is 10.2 Å². The van der Waals surface area contributed by atoms with Crippen LogP contribution in [0.5, 0.6) is 0 Å². The normalized spacial score (nSPS) is 14.2. The molecule has 1 aliphatic rings. The third-order valence-electron chi connectivity index (χ3n) is 5.21. The zero-order valence-electron chi connectivity index (χ0n) is 16.8. The van der Waals surface area contributed by atoms with E-state index in [0.717, 1.165) is 36.7 Å². The van der Waals surface area contributed by atoms with Crippen molar-refractivity contribution in [1.29, 1.82) is 0 Å². The summed E-state index contributed by atoms with van der Waals surface area (Å²) in [4.78, 5) is 32.1. The van der Waals surface area contributed by atoms with Crippen LogP contribution < -0.4 is 5.32 Å². The highest BCUT2D eigenvalue weighted by molar-refractivity contribution is 7.80. The molecule has 2 amide bonds. The average Bonchev–Trinajstić information content (AvgIpc) is 3.29. The third-order valence-corrected chi connectivity index (χ3v) is 5.57. The van der Waals surface area contributed by atoms with E-state index in [-0.39, 0.29) is 11.8 Å². The molecule has 152 valence electrons. The summed E-state index contributed by atoms with van der Waals surface area (Å²) in [6, 6.07) is 18.8. The number of hydrogen-bond donors (Lipinski definition) is 2. The lowest BCUT2D eigenvalue weighted by molar-refractivity contribution is 0.0792. The molecule has 0 radical (unpaired) electrons.